The van der Waals surface area contributed by atoms with Gasteiger partial charge in [-0.1, -0.05) is 0 Å². The van der Waals surface area contributed by atoms with Crippen molar-refractivity contribution < 1.29 is 19.1 Å². The Balaban J connectivity index is 1.68. The molecule has 0 aliphatic rings. The van der Waals surface area contributed by atoms with Gasteiger partial charge in [0.15, 0.2) is 16.6 Å². The molecule has 1 heterocycles. The van der Waals surface area contributed by atoms with Gasteiger partial charge in [0.2, 0.25) is 5.91 Å². The fraction of sp³-hybridized carbons (Fsp3) is 0.105. The molecule has 2 amide bonds. The normalized spacial score (nSPS) is 10.2. The van der Waals surface area contributed by atoms with Crippen LogP contribution in [0.2, 0.25) is 0 Å². The highest BCUT2D eigenvalue weighted by molar-refractivity contribution is 7.14. The smallest absolute Gasteiger partial charge is 0.275 e. The minimum atomic E-state index is -0.525. The first-order chi connectivity index (χ1) is 13.5. The number of anilines is 3. The molecule has 0 radical (unpaired) electrons. The Labute approximate surface area is 165 Å². The van der Waals surface area contributed by atoms with E-state index in [9.17, 15) is 9.59 Å². The van der Waals surface area contributed by atoms with Crippen molar-refractivity contribution in [1.82, 2.24) is 4.98 Å². The number of nitrogens with two attached hydrogens (primary N) is 1. The highest BCUT2D eigenvalue weighted by atomic mass is 32.1. The van der Waals surface area contributed by atoms with Crippen LogP contribution in [0, 0.1) is 0 Å². The molecule has 3 aromatic rings. The Morgan fingerprint density at radius 1 is 1.00 bits per heavy atom. The van der Waals surface area contributed by atoms with E-state index in [1.807, 2.05) is 6.07 Å². The zero-order valence-electron chi connectivity index (χ0n) is 15.2. The summed E-state index contributed by atoms with van der Waals surface area (Å²) in [4.78, 5) is 27.7. The molecule has 2 aromatic carbocycles. The largest absolute Gasteiger partial charge is 0.493 e. The number of benzene rings is 2. The first kappa shape index (κ1) is 19.2. The highest BCUT2D eigenvalue weighted by Gasteiger charge is 2.12. The first-order valence-corrected chi connectivity index (χ1v) is 9.04. The van der Waals surface area contributed by atoms with E-state index in [4.69, 9.17) is 15.2 Å². The summed E-state index contributed by atoms with van der Waals surface area (Å²) in [6.45, 7) is 0. The third-order valence-corrected chi connectivity index (χ3v) is 4.56. The maximum atomic E-state index is 12.4. The molecular weight excluding hydrogens is 380 g/mol. The number of hydrogen-bond acceptors (Lipinski definition) is 7. The van der Waals surface area contributed by atoms with Gasteiger partial charge >= 0.3 is 0 Å². The van der Waals surface area contributed by atoms with E-state index in [2.05, 4.69) is 15.6 Å². The topological polar surface area (TPSA) is 116 Å². The van der Waals surface area contributed by atoms with Gasteiger partial charge in [0.25, 0.3) is 5.91 Å². The fourth-order valence-electron chi connectivity index (χ4n) is 2.39. The molecule has 3 rings (SSSR count). The molecule has 144 valence electrons. The highest BCUT2D eigenvalue weighted by Crippen LogP contribution is 2.31. The van der Waals surface area contributed by atoms with Gasteiger partial charge in [0.05, 0.1) is 14.2 Å². The lowest BCUT2D eigenvalue weighted by Crippen LogP contribution is -2.13. The van der Waals surface area contributed by atoms with Crippen LogP contribution in [0.1, 0.15) is 20.8 Å². The minimum absolute atomic E-state index is 0.270. The maximum absolute atomic E-state index is 12.4. The van der Waals surface area contributed by atoms with E-state index in [0.29, 0.717) is 27.9 Å². The average Bonchev–Trinajstić information content (AvgIpc) is 3.17. The summed E-state index contributed by atoms with van der Waals surface area (Å²) in [5.41, 5.74) is 7.13. The molecule has 0 aliphatic carbocycles. The lowest BCUT2D eigenvalue weighted by Gasteiger charge is -2.09. The number of aromatic nitrogens is 1. The van der Waals surface area contributed by atoms with Gasteiger partial charge in [-0.15, -0.1) is 11.3 Å². The molecule has 0 aliphatic heterocycles. The van der Waals surface area contributed by atoms with Crippen molar-refractivity contribution in [2.45, 2.75) is 0 Å². The third kappa shape index (κ3) is 4.38. The number of hydrogen-bond donors (Lipinski definition) is 3. The van der Waals surface area contributed by atoms with Crippen molar-refractivity contribution in [1.29, 1.82) is 0 Å². The summed E-state index contributed by atoms with van der Waals surface area (Å²) in [7, 11) is 3.13. The summed E-state index contributed by atoms with van der Waals surface area (Å²) in [6.07, 6.45) is 0. The van der Waals surface area contributed by atoms with E-state index in [1.165, 1.54) is 11.3 Å². The SMILES string of the molecule is COc1ccc(Nc2nc(C(=O)Nc3ccc(C(N)=O)cc3)cs2)cc1OC. The maximum Gasteiger partial charge on any atom is 0.275 e. The monoisotopic (exact) mass is 398 g/mol. The van der Waals surface area contributed by atoms with E-state index < -0.39 is 5.91 Å². The number of nitrogens with one attached hydrogen (secondary N) is 2. The predicted molar refractivity (Wildman–Crippen MR) is 108 cm³/mol. The average molecular weight is 398 g/mol. The number of rotatable bonds is 7. The molecule has 4 N–H and O–H groups in total. The number of nitrogens with zero attached hydrogens (tertiary/aromatic N) is 1. The van der Waals surface area contributed by atoms with E-state index in [-0.39, 0.29) is 11.6 Å². The first-order valence-electron chi connectivity index (χ1n) is 8.16. The molecule has 0 saturated carbocycles. The van der Waals surface area contributed by atoms with E-state index in [1.54, 1.807) is 56.0 Å². The molecule has 0 spiro atoms. The zero-order valence-corrected chi connectivity index (χ0v) is 16.0. The van der Waals surface area contributed by atoms with Gasteiger partial charge in [-0.25, -0.2) is 4.98 Å². The zero-order chi connectivity index (χ0) is 20.1. The molecule has 0 unspecified atom stereocenters. The van der Waals surface area contributed by atoms with Crippen LogP contribution in [0.3, 0.4) is 0 Å². The second-order valence-electron chi connectivity index (χ2n) is 5.63. The van der Waals surface area contributed by atoms with Crippen LogP contribution in [0.15, 0.2) is 47.8 Å². The molecule has 0 atom stereocenters. The van der Waals surface area contributed by atoms with Crippen molar-refractivity contribution in [2.75, 3.05) is 24.9 Å². The van der Waals surface area contributed by atoms with E-state index in [0.717, 1.165) is 5.69 Å². The molecule has 9 heteroatoms. The Bertz CT molecular complexity index is 1000. The summed E-state index contributed by atoms with van der Waals surface area (Å²) >= 11 is 1.30. The fourth-order valence-corrected chi connectivity index (χ4v) is 3.10. The number of carbonyl (C=O) groups excluding carboxylic acids is 2. The second-order valence-corrected chi connectivity index (χ2v) is 6.49. The minimum Gasteiger partial charge on any atom is -0.493 e. The van der Waals surface area contributed by atoms with Gasteiger partial charge in [-0.3, -0.25) is 9.59 Å². The number of thiazole rings is 1. The van der Waals surface area contributed by atoms with Crippen LogP contribution in [0.25, 0.3) is 0 Å². The van der Waals surface area contributed by atoms with Gasteiger partial charge < -0.3 is 25.8 Å². The second kappa shape index (κ2) is 8.40. The van der Waals surface area contributed by atoms with Crippen molar-refractivity contribution in [3.63, 3.8) is 0 Å². The Kier molecular flexibility index (Phi) is 5.75. The third-order valence-electron chi connectivity index (χ3n) is 3.80. The van der Waals surface area contributed by atoms with Crippen molar-refractivity contribution in [2.24, 2.45) is 5.73 Å². The number of methoxy groups -OCH3 is 2. The predicted octanol–water partition coefficient (Wildman–Crippen LogP) is 3.26. The summed E-state index contributed by atoms with van der Waals surface area (Å²) in [5, 5.41) is 8.06. The quantitative estimate of drug-likeness (QED) is 0.563. The van der Waals surface area contributed by atoms with Crippen molar-refractivity contribution in [3.8, 4) is 11.5 Å². The van der Waals surface area contributed by atoms with Crippen LogP contribution in [-0.2, 0) is 0 Å². The molecule has 1 aromatic heterocycles. The number of carbonyl (C=O) groups is 2. The number of ether oxygens (including phenoxy) is 2. The molecular formula is C19H18N4O4S. The molecule has 8 nitrogen and oxygen atoms in total. The van der Waals surface area contributed by atoms with Gasteiger partial charge in [0, 0.05) is 28.4 Å². The number of amides is 2. The lowest BCUT2D eigenvalue weighted by atomic mass is 10.2. The Morgan fingerprint density at radius 2 is 1.68 bits per heavy atom. The summed E-state index contributed by atoms with van der Waals surface area (Å²) < 4.78 is 10.5. The Hall–Kier alpha value is -3.59. The standard InChI is InChI=1S/C19H18N4O4S/c1-26-15-8-7-13(9-16(15)27-2)22-19-23-14(10-28-19)18(25)21-12-5-3-11(4-6-12)17(20)24/h3-10H,1-2H3,(H2,20,24)(H,21,25)(H,22,23). The lowest BCUT2D eigenvalue weighted by molar-refractivity contribution is 0.0998. The molecule has 0 saturated heterocycles. The van der Waals surface area contributed by atoms with Gasteiger partial charge in [-0.2, -0.15) is 0 Å². The van der Waals surface area contributed by atoms with Crippen molar-refractivity contribution >= 4 is 39.7 Å². The van der Waals surface area contributed by atoms with E-state index >= 15 is 0 Å². The van der Waals surface area contributed by atoms with Crippen LogP contribution in [0.4, 0.5) is 16.5 Å². The molecule has 0 fully saturated rings. The Morgan fingerprint density at radius 3 is 2.32 bits per heavy atom. The van der Waals surface area contributed by atoms with Crippen LogP contribution in [0.5, 0.6) is 11.5 Å². The van der Waals surface area contributed by atoms with Gasteiger partial charge in [0.1, 0.15) is 5.69 Å². The number of primary amides is 1. The van der Waals surface area contributed by atoms with Gasteiger partial charge in [-0.05, 0) is 36.4 Å². The summed E-state index contributed by atoms with van der Waals surface area (Å²) in [6, 6.07) is 11.7. The molecule has 0 bridgehead atoms. The van der Waals surface area contributed by atoms with Crippen LogP contribution < -0.4 is 25.8 Å². The molecule has 28 heavy (non-hydrogen) atoms. The van der Waals surface area contributed by atoms with Crippen molar-refractivity contribution in [3.05, 3.63) is 59.1 Å². The van der Waals surface area contributed by atoms with Crippen LogP contribution >= 0.6 is 11.3 Å². The summed E-state index contributed by atoms with van der Waals surface area (Å²) in [5.74, 6) is 0.322. The van der Waals surface area contributed by atoms with Crippen LogP contribution in [-0.4, -0.2) is 31.0 Å².